The molecule has 0 aliphatic heterocycles. The first-order valence-corrected chi connectivity index (χ1v) is 5.54. The molecule has 0 spiro atoms. The van der Waals surface area contributed by atoms with Crippen LogP contribution in [0.3, 0.4) is 0 Å². The first-order chi connectivity index (χ1) is 8.22. The van der Waals surface area contributed by atoms with E-state index in [1.807, 2.05) is 25.2 Å². The minimum absolute atomic E-state index is 0.656. The fourth-order valence-electron chi connectivity index (χ4n) is 1.99. The van der Waals surface area contributed by atoms with Crippen LogP contribution in [0.1, 0.15) is 0 Å². The Morgan fingerprint density at radius 2 is 2.18 bits per heavy atom. The lowest BCUT2D eigenvalue weighted by Crippen LogP contribution is -1.93. The van der Waals surface area contributed by atoms with Crippen molar-refractivity contribution >= 4 is 33.5 Å². The number of fused-ring (bicyclic) bond motifs is 2. The zero-order chi connectivity index (χ0) is 12.0. The third-order valence-electron chi connectivity index (χ3n) is 2.81. The maximum atomic E-state index is 6.39. The lowest BCUT2D eigenvalue weighted by Gasteiger charge is -2.07. The van der Waals surface area contributed by atoms with E-state index in [9.17, 15) is 0 Å². The van der Waals surface area contributed by atoms with Crippen LogP contribution in [-0.4, -0.2) is 21.9 Å². The van der Waals surface area contributed by atoms with E-state index in [0.29, 0.717) is 5.02 Å². The van der Waals surface area contributed by atoms with Crippen molar-refractivity contribution in [2.45, 2.75) is 0 Å². The number of aryl methyl sites for hydroxylation is 1. The van der Waals surface area contributed by atoms with E-state index >= 15 is 0 Å². The lowest BCUT2D eigenvalue weighted by molar-refractivity contribution is 0.419. The van der Waals surface area contributed by atoms with Crippen molar-refractivity contribution in [2.75, 3.05) is 7.11 Å². The van der Waals surface area contributed by atoms with E-state index in [4.69, 9.17) is 16.3 Å². The first kappa shape index (κ1) is 10.4. The van der Waals surface area contributed by atoms with Crippen molar-refractivity contribution in [2.24, 2.45) is 7.05 Å². The molecule has 0 amide bonds. The zero-order valence-electron chi connectivity index (χ0n) is 9.44. The number of aromatic nitrogens is 3. The summed E-state index contributed by atoms with van der Waals surface area (Å²) in [5.74, 6) is 0.718. The maximum Gasteiger partial charge on any atom is 0.145 e. The van der Waals surface area contributed by atoms with Crippen molar-refractivity contribution in [3.8, 4) is 5.75 Å². The number of benzene rings is 1. The number of para-hydroxylation sites is 1. The number of halogens is 1. The van der Waals surface area contributed by atoms with E-state index in [1.165, 1.54) is 0 Å². The van der Waals surface area contributed by atoms with E-state index < -0.39 is 0 Å². The minimum atomic E-state index is 0.656. The second-order valence-corrected chi connectivity index (χ2v) is 4.16. The highest BCUT2D eigenvalue weighted by atomic mass is 35.5. The molecule has 2 aromatic heterocycles. The second kappa shape index (κ2) is 3.60. The van der Waals surface area contributed by atoms with Crippen LogP contribution in [0.4, 0.5) is 0 Å². The molecular weight excluding hydrogens is 238 g/mol. The molecule has 86 valence electrons. The summed E-state index contributed by atoms with van der Waals surface area (Å²) in [6.45, 7) is 0. The van der Waals surface area contributed by atoms with Crippen LogP contribution in [0.5, 0.6) is 5.75 Å². The number of nitrogens with zero attached hydrogens (tertiary/aromatic N) is 3. The van der Waals surface area contributed by atoms with Crippen LogP contribution in [0.2, 0.25) is 5.02 Å². The van der Waals surface area contributed by atoms with Crippen LogP contribution < -0.4 is 4.74 Å². The van der Waals surface area contributed by atoms with Crippen molar-refractivity contribution < 1.29 is 4.74 Å². The highest BCUT2D eigenvalue weighted by Crippen LogP contribution is 2.33. The molecule has 5 heteroatoms. The molecule has 4 nitrogen and oxygen atoms in total. The summed E-state index contributed by atoms with van der Waals surface area (Å²) in [6, 6.07) is 5.70. The minimum Gasteiger partial charge on any atom is -0.494 e. The number of pyridine rings is 1. The molecule has 3 rings (SSSR count). The summed E-state index contributed by atoms with van der Waals surface area (Å²) in [7, 11) is 3.47. The Morgan fingerprint density at radius 3 is 2.94 bits per heavy atom. The van der Waals surface area contributed by atoms with Crippen LogP contribution in [0, 0.1) is 0 Å². The van der Waals surface area contributed by atoms with Gasteiger partial charge in [-0.1, -0.05) is 23.7 Å². The molecule has 0 saturated carbocycles. The molecule has 0 bridgehead atoms. The standard InChI is InChI=1S/C12H10ClN3O/c1-16-12-8(6-14-16)15-11-7(10(12)13)4-3-5-9(11)17-2/h3-6H,1-2H3. The average molecular weight is 248 g/mol. The predicted octanol–water partition coefficient (Wildman–Crippen LogP) is 2.78. The summed E-state index contributed by atoms with van der Waals surface area (Å²) >= 11 is 6.39. The molecular formula is C12H10ClN3O. The van der Waals surface area contributed by atoms with Gasteiger partial charge in [0.1, 0.15) is 22.3 Å². The Labute approximate surface area is 103 Å². The fraction of sp³-hybridized carbons (Fsp3) is 0.167. The molecule has 0 N–H and O–H groups in total. The molecule has 0 saturated heterocycles. The monoisotopic (exact) mass is 247 g/mol. The average Bonchev–Trinajstić information content (AvgIpc) is 2.71. The Morgan fingerprint density at radius 1 is 1.35 bits per heavy atom. The SMILES string of the molecule is COc1cccc2c(Cl)c3c(cnn3C)nc12. The highest BCUT2D eigenvalue weighted by Gasteiger charge is 2.13. The van der Waals surface area contributed by atoms with Gasteiger partial charge in [-0.15, -0.1) is 0 Å². The first-order valence-electron chi connectivity index (χ1n) is 5.16. The Balaban J connectivity index is 2.56. The molecule has 0 unspecified atom stereocenters. The van der Waals surface area contributed by atoms with E-state index in [0.717, 1.165) is 27.7 Å². The van der Waals surface area contributed by atoms with Crippen LogP contribution in [-0.2, 0) is 7.05 Å². The Kier molecular flexibility index (Phi) is 2.19. The third kappa shape index (κ3) is 1.37. The normalized spacial score (nSPS) is 11.2. The van der Waals surface area contributed by atoms with Gasteiger partial charge in [0.05, 0.1) is 18.3 Å². The smallest absolute Gasteiger partial charge is 0.145 e. The quantitative estimate of drug-likeness (QED) is 0.664. The van der Waals surface area contributed by atoms with Gasteiger partial charge in [0.25, 0.3) is 0 Å². The topological polar surface area (TPSA) is 39.9 Å². The second-order valence-electron chi connectivity index (χ2n) is 3.78. The van der Waals surface area contributed by atoms with Gasteiger partial charge >= 0.3 is 0 Å². The number of ether oxygens (including phenoxy) is 1. The Bertz CT molecular complexity index is 720. The van der Waals surface area contributed by atoms with Gasteiger partial charge in [0.2, 0.25) is 0 Å². The van der Waals surface area contributed by atoms with Crippen molar-refractivity contribution in [1.82, 2.24) is 14.8 Å². The van der Waals surface area contributed by atoms with Crippen molar-refractivity contribution in [3.05, 3.63) is 29.4 Å². The van der Waals surface area contributed by atoms with Gasteiger partial charge in [0, 0.05) is 12.4 Å². The summed E-state index contributed by atoms with van der Waals surface area (Å²) in [4.78, 5) is 4.54. The van der Waals surface area contributed by atoms with Crippen LogP contribution in [0.25, 0.3) is 21.9 Å². The summed E-state index contributed by atoms with van der Waals surface area (Å²) < 4.78 is 7.02. The number of hydrogen-bond donors (Lipinski definition) is 0. The predicted molar refractivity (Wildman–Crippen MR) is 67.6 cm³/mol. The zero-order valence-corrected chi connectivity index (χ0v) is 10.2. The highest BCUT2D eigenvalue weighted by molar-refractivity contribution is 6.40. The molecule has 0 aliphatic rings. The third-order valence-corrected chi connectivity index (χ3v) is 3.20. The van der Waals surface area contributed by atoms with Crippen molar-refractivity contribution in [3.63, 3.8) is 0 Å². The van der Waals surface area contributed by atoms with Gasteiger partial charge in [-0.2, -0.15) is 5.10 Å². The number of hydrogen-bond acceptors (Lipinski definition) is 3. The van der Waals surface area contributed by atoms with E-state index in [2.05, 4.69) is 10.1 Å². The van der Waals surface area contributed by atoms with E-state index in [1.54, 1.807) is 18.0 Å². The molecule has 0 aliphatic carbocycles. The van der Waals surface area contributed by atoms with Gasteiger partial charge < -0.3 is 4.74 Å². The molecule has 0 fully saturated rings. The molecule has 2 heterocycles. The molecule has 0 atom stereocenters. The largest absolute Gasteiger partial charge is 0.494 e. The molecule has 17 heavy (non-hydrogen) atoms. The Hall–Kier alpha value is -1.81. The molecule has 0 radical (unpaired) electrons. The summed E-state index contributed by atoms with van der Waals surface area (Å²) in [5, 5.41) is 5.70. The number of rotatable bonds is 1. The summed E-state index contributed by atoms with van der Waals surface area (Å²) in [5.41, 5.74) is 2.38. The van der Waals surface area contributed by atoms with Crippen LogP contribution in [0.15, 0.2) is 24.4 Å². The molecule has 3 aromatic rings. The molecule has 1 aromatic carbocycles. The van der Waals surface area contributed by atoms with Crippen molar-refractivity contribution in [1.29, 1.82) is 0 Å². The number of methoxy groups -OCH3 is 1. The summed E-state index contributed by atoms with van der Waals surface area (Å²) in [6.07, 6.45) is 1.70. The lowest BCUT2D eigenvalue weighted by atomic mass is 10.2. The van der Waals surface area contributed by atoms with Gasteiger partial charge in [-0.3, -0.25) is 4.68 Å². The van der Waals surface area contributed by atoms with Gasteiger partial charge in [-0.25, -0.2) is 4.98 Å². The van der Waals surface area contributed by atoms with Crippen LogP contribution >= 0.6 is 11.6 Å². The van der Waals surface area contributed by atoms with Gasteiger partial charge in [-0.05, 0) is 6.07 Å². The fourth-order valence-corrected chi connectivity index (χ4v) is 2.36. The van der Waals surface area contributed by atoms with E-state index in [-0.39, 0.29) is 0 Å². The maximum absolute atomic E-state index is 6.39. The van der Waals surface area contributed by atoms with Gasteiger partial charge in [0.15, 0.2) is 0 Å².